The Labute approximate surface area is 183 Å². The summed E-state index contributed by atoms with van der Waals surface area (Å²) in [6, 6.07) is 8.95. The molecule has 9 heteroatoms. The molecule has 8 nitrogen and oxygen atoms in total. The van der Waals surface area contributed by atoms with Crippen LogP contribution in [0.4, 0.5) is 4.79 Å². The fraction of sp³-hybridized carbons (Fsp3) is 0.273. The van der Waals surface area contributed by atoms with Gasteiger partial charge in [0.1, 0.15) is 23.1 Å². The molecule has 4 aromatic rings. The molecule has 0 aliphatic carbocycles. The molecule has 1 aromatic carbocycles. The number of rotatable bonds is 3. The molecular formula is C22H20ClN5O3. The molecule has 158 valence electrons. The Morgan fingerprint density at radius 3 is 2.74 bits per heavy atom. The van der Waals surface area contributed by atoms with E-state index < -0.39 is 11.7 Å². The zero-order chi connectivity index (χ0) is 22.3. The number of carbonyl (C=O) groups excluding carboxylic acids is 1. The van der Waals surface area contributed by atoms with E-state index in [0.717, 1.165) is 16.3 Å². The summed E-state index contributed by atoms with van der Waals surface area (Å²) < 4.78 is 14.2. The molecule has 0 fully saturated rings. The third-order valence-electron chi connectivity index (χ3n) is 4.65. The second-order valence-electron chi connectivity index (χ2n) is 8.02. The molecule has 0 amide bonds. The number of hydrogen-bond acceptors (Lipinski definition) is 6. The van der Waals surface area contributed by atoms with Gasteiger partial charge in [0.05, 0.1) is 24.2 Å². The van der Waals surface area contributed by atoms with Gasteiger partial charge in [0.15, 0.2) is 5.65 Å². The zero-order valence-electron chi connectivity index (χ0n) is 17.5. The number of benzene rings is 1. The molecule has 0 spiro atoms. The van der Waals surface area contributed by atoms with Gasteiger partial charge in [-0.3, -0.25) is 9.25 Å². The quantitative estimate of drug-likeness (QED) is 0.459. The Kier molecular flexibility index (Phi) is 5.07. The fourth-order valence-corrected chi connectivity index (χ4v) is 3.68. The standard InChI is InChI=1S/C22H20ClN5O3/c1-22(2,3)31-21(29)28-8-7-15-16(18(30-4)9-17(23)19(15)28)12-27-11-13-5-6-14(10-24)25-20(13)26-27/h5-9,11H,12H2,1-4H3. The van der Waals surface area contributed by atoms with Crippen LogP contribution in [-0.2, 0) is 11.3 Å². The summed E-state index contributed by atoms with van der Waals surface area (Å²) >= 11 is 6.50. The van der Waals surface area contributed by atoms with Gasteiger partial charge in [-0.2, -0.15) is 10.4 Å². The van der Waals surface area contributed by atoms with Gasteiger partial charge in [-0.05, 0) is 39.0 Å². The van der Waals surface area contributed by atoms with E-state index >= 15 is 0 Å². The van der Waals surface area contributed by atoms with E-state index in [0.29, 0.717) is 34.2 Å². The van der Waals surface area contributed by atoms with E-state index in [1.807, 2.05) is 12.3 Å². The number of ether oxygens (including phenoxy) is 2. The molecule has 0 aliphatic heterocycles. The van der Waals surface area contributed by atoms with Crippen LogP contribution in [0.25, 0.3) is 21.9 Å². The lowest BCUT2D eigenvalue weighted by molar-refractivity contribution is 0.0544. The first-order valence-electron chi connectivity index (χ1n) is 9.54. The van der Waals surface area contributed by atoms with Crippen LogP contribution >= 0.6 is 11.6 Å². The van der Waals surface area contributed by atoms with Crippen molar-refractivity contribution >= 4 is 39.6 Å². The summed E-state index contributed by atoms with van der Waals surface area (Å²) in [7, 11) is 1.56. The summed E-state index contributed by atoms with van der Waals surface area (Å²) in [4.78, 5) is 16.9. The van der Waals surface area contributed by atoms with Crippen LogP contribution in [0.15, 0.2) is 36.7 Å². The van der Waals surface area contributed by atoms with E-state index in [1.165, 1.54) is 4.57 Å². The van der Waals surface area contributed by atoms with Crippen LogP contribution in [0.5, 0.6) is 5.75 Å². The van der Waals surface area contributed by atoms with Crippen LogP contribution in [0.1, 0.15) is 32.0 Å². The lowest BCUT2D eigenvalue weighted by Gasteiger charge is -2.20. The van der Waals surface area contributed by atoms with Gasteiger partial charge in [-0.1, -0.05) is 11.6 Å². The van der Waals surface area contributed by atoms with Crippen molar-refractivity contribution in [2.45, 2.75) is 32.9 Å². The third kappa shape index (κ3) is 3.92. The molecule has 0 unspecified atom stereocenters. The SMILES string of the molecule is COc1cc(Cl)c2c(ccn2C(=O)OC(C)(C)C)c1Cn1cc2ccc(C#N)nc2n1. The second-order valence-corrected chi connectivity index (χ2v) is 8.42. The first-order chi connectivity index (χ1) is 14.7. The number of methoxy groups -OCH3 is 1. The Morgan fingerprint density at radius 2 is 2.06 bits per heavy atom. The van der Waals surface area contributed by atoms with E-state index in [-0.39, 0.29) is 0 Å². The van der Waals surface area contributed by atoms with Gasteiger partial charge in [-0.25, -0.2) is 9.78 Å². The van der Waals surface area contributed by atoms with Crippen LogP contribution in [-0.4, -0.2) is 38.1 Å². The number of nitriles is 1. The Bertz CT molecular complexity index is 1360. The molecule has 0 radical (unpaired) electrons. The van der Waals surface area contributed by atoms with Crippen molar-refractivity contribution in [3.63, 3.8) is 0 Å². The average molecular weight is 438 g/mol. The van der Waals surface area contributed by atoms with Gasteiger partial charge in [0.2, 0.25) is 0 Å². The molecule has 0 N–H and O–H groups in total. The Balaban J connectivity index is 1.81. The predicted octanol–water partition coefficient (Wildman–Crippen LogP) is 4.75. The summed E-state index contributed by atoms with van der Waals surface area (Å²) in [6.45, 7) is 5.77. The first kappa shape index (κ1) is 20.7. The molecule has 0 saturated carbocycles. The summed E-state index contributed by atoms with van der Waals surface area (Å²) in [5, 5.41) is 15.5. The molecule has 0 atom stereocenters. The van der Waals surface area contributed by atoms with Crippen molar-refractivity contribution in [3.05, 3.63) is 52.9 Å². The Hall–Kier alpha value is -3.57. The third-order valence-corrected chi connectivity index (χ3v) is 4.94. The lowest BCUT2D eigenvalue weighted by atomic mass is 10.1. The van der Waals surface area contributed by atoms with Gasteiger partial charge < -0.3 is 9.47 Å². The minimum Gasteiger partial charge on any atom is -0.496 e. The maximum atomic E-state index is 12.7. The molecule has 0 bridgehead atoms. The van der Waals surface area contributed by atoms with Crippen molar-refractivity contribution in [2.24, 2.45) is 0 Å². The fourth-order valence-electron chi connectivity index (χ4n) is 3.39. The Morgan fingerprint density at radius 1 is 1.29 bits per heavy atom. The second kappa shape index (κ2) is 7.60. The van der Waals surface area contributed by atoms with Crippen molar-refractivity contribution in [1.29, 1.82) is 5.26 Å². The van der Waals surface area contributed by atoms with Crippen molar-refractivity contribution in [3.8, 4) is 11.8 Å². The topological polar surface area (TPSA) is 95.0 Å². The highest BCUT2D eigenvalue weighted by molar-refractivity contribution is 6.35. The van der Waals surface area contributed by atoms with Gasteiger partial charge in [0, 0.05) is 34.8 Å². The number of aromatic nitrogens is 4. The van der Waals surface area contributed by atoms with Crippen LogP contribution in [0.2, 0.25) is 5.02 Å². The number of hydrogen-bond donors (Lipinski definition) is 0. The number of fused-ring (bicyclic) bond motifs is 2. The van der Waals surface area contributed by atoms with Crippen molar-refractivity contribution in [1.82, 2.24) is 19.3 Å². The molecule has 31 heavy (non-hydrogen) atoms. The first-order valence-corrected chi connectivity index (χ1v) is 9.92. The minimum absolute atomic E-state index is 0.304. The van der Waals surface area contributed by atoms with E-state index in [9.17, 15) is 4.79 Å². The van der Waals surface area contributed by atoms with Crippen molar-refractivity contribution < 1.29 is 14.3 Å². The maximum Gasteiger partial charge on any atom is 0.419 e. The molecule has 3 aromatic heterocycles. The average Bonchev–Trinajstić information content (AvgIpc) is 3.32. The lowest BCUT2D eigenvalue weighted by Crippen LogP contribution is -2.26. The van der Waals surface area contributed by atoms with Crippen molar-refractivity contribution in [2.75, 3.05) is 7.11 Å². The number of nitrogens with zero attached hydrogens (tertiary/aromatic N) is 5. The minimum atomic E-state index is -0.639. The van der Waals surface area contributed by atoms with Gasteiger partial charge >= 0.3 is 6.09 Å². The smallest absolute Gasteiger partial charge is 0.419 e. The zero-order valence-corrected chi connectivity index (χ0v) is 18.3. The van der Waals surface area contributed by atoms with Gasteiger partial charge in [0.25, 0.3) is 0 Å². The highest BCUT2D eigenvalue weighted by Gasteiger charge is 2.23. The van der Waals surface area contributed by atoms with E-state index in [4.69, 9.17) is 26.3 Å². The molecule has 4 rings (SSSR count). The highest BCUT2D eigenvalue weighted by atomic mass is 35.5. The molecule has 3 heterocycles. The summed E-state index contributed by atoms with van der Waals surface area (Å²) in [5.74, 6) is 0.574. The number of halogens is 1. The number of pyridine rings is 1. The number of carbonyl (C=O) groups is 1. The highest BCUT2D eigenvalue weighted by Crippen LogP contribution is 2.36. The van der Waals surface area contributed by atoms with Crippen LogP contribution in [0, 0.1) is 11.3 Å². The molecule has 0 saturated heterocycles. The predicted molar refractivity (Wildman–Crippen MR) is 116 cm³/mol. The van der Waals surface area contributed by atoms with Gasteiger partial charge in [-0.15, -0.1) is 0 Å². The maximum absolute atomic E-state index is 12.7. The monoisotopic (exact) mass is 437 g/mol. The molecular weight excluding hydrogens is 418 g/mol. The normalized spacial score (nSPS) is 11.6. The summed E-state index contributed by atoms with van der Waals surface area (Å²) in [5.41, 5.74) is 1.49. The molecule has 0 aliphatic rings. The van der Waals surface area contributed by atoms with E-state index in [1.54, 1.807) is 63.0 Å². The van der Waals surface area contributed by atoms with E-state index in [2.05, 4.69) is 10.1 Å². The van der Waals surface area contributed by atoms with Crippen LogP contribution in [0.3, 0.4) is 0 Å². The van der Waals surface area contributed by atoms with Crippen LogP contribution < -0.4 is 4.74 Å². The summed E-state index contributed by atoms with van der Waals surface area (Å²) in [6.07, 6.45) is 2.96. The largest absolute Gasteiger partial charge is 0.496 e.